The van der Waals surface area contributed by atoms with Crippen molar-refractivity contribution in [2.24, 2.45) is 10.7 Å². The average molecular weight is 330 g/mol. The zero-order valence-electron chi connectivity index (χ0n) is 11.2. The molecule has 7 heteroatoms. The van der Waals surface area contributed by atoms with Crippen LogP contribution in [0.25, 0.3) is 0 Å². The molecule has 19 heavy (non-hydrogen) atoms. The van der Waals surface area contributed by atoms with Crippen molar-refractivity contribution in [1.29, 1.82) is 5.41 Å². The van der Waals surface area contributed by atoms with Gasteiger partial charge in [-0.2, -0.15) is 0 Å². The highest BCUT2D eigenvalue weighted by Crippen LogP contribution is 2.47. The fraction of sp³-hybridized carbons (Fsp3) is 0.333. The number of thioether (sulfide) groups is 4. The first-order valence-electron chi connectivity index (χ1n) is 5.44. The van der Waals surface area contributed by atoms with Crippen LogP contribution in [0.15, 0.2) is 24.6 Å². The van der Waals surface area contributed by atoms with Crippen LogP contribution in [0.2, 0.25) is 0 Å². The van der Waals surface area contributed by atoms with E-state index in [0.29, 0.717) is 5.84 Å². The molecule has 1 aliphatic rings. The number of aliphatic imine (C=N–C) groups is 1. The van der Waals surface area contributed by atoms with E-state index in [1.165, 1.54) is 9.79 Å². The number of amidine groups is 2. The predicted octanol–water partition coefficient (Wildman–Crippen LogP) is 3.62. The van der Waals surface area contributed by atoms with Crippen LogP contribution < -0.4 is 5.73 Å². The van der Waals surface area contributed by atoms with Crippen LogP contribution in [-0.2, 0) is 0 Å². The smallest absolute Gasteiger partial charge is 0.156 e. The number of hydrogen-bond donors (Lipinski definition) is 2. The van der Waals surface area contributed by atoms with Gasteiger partial charge in [0, 0.05) is 30.7 Å². The lowest BCUT2D eigenvalue weighted by Gasteiger charge is -2.19. The second kappa shape index (κ2) is 6.03. The monoisotopic (exact) mass is 329 g/mol. The Bertz CT molecular complexity index is 581. The third kappa shape index (κ3) is 2.30. The van der Waals surface area contributed by atoms with E-state index in [4.69, 9.17) is 11.1 Å². The molecule has 0 amide bonds. The van der Waals surface area contributed by atoms with Gasteiger partial charge in [-0.25, -0.2) is 4.99 Å². The molecule has 1 aliphatic heterocycles. The Morgan fingerprint density at radius 3 is 1.63 bits per heavy atom. The molecule has 0 saturated heterocycles. The first kappa shape index (κ1) is 15.2. The van der Waals surface area contributed by atoms with E-state index in [1.807, 2.05) is 12.5 Å². The normalized spacial score (nSPS) is 13.7. The van der Waals surface area contributed by atoms with Crippen LogP contribution in [0.5, 0.6) is 0 Å². The molecule has 0 atom stereocenters. The number of fused-ring (bicyclic) bond motifs is 1. The van der Waals surface area contributed by atoms with Crippen LogP contribution >= 0.6 is 47.0 Å². The van der Waals surface area contributed by atoms with Crippen molar-refractivity contribution < 1.29 is 0 Å². The third-order valence-electron chi connectivity index (χ3n) is 2.86. The minimum Gasteiger partial charge on any atom is -0.383 e. The van der Waals surface area contributed by atoms with E-state index < -0.39 is 0 Å². The molecule has 1 aromatic rings. The van der Waals surface area contributed by atoms with E-state index in [0.717, 1.165) is 20.9 Å². The quantitative estimate of drug-likeness (QED) is 0.826. The summed E-state index contributed by atoms with van der Waals surface area (Å²) >= 11 is 6.81. The maximum absolute atomic E-state index is 8.07. The highest BCUT2D eigenvalue weighted by atomic mass is 32.2. The van der Waals surface area contributed by atoms with Gasteiger partial charge in [-0.05, 0) is 25.0 Å². The van der Waals surface area contributed by atoms with Gasteiger partial charge < -0.3 is 5.73 Å². The molecule has 3 nitrogen and oxygen atoms in total. The fourth-order valence-electron chi connectivity index (χ4n) is 2.12. The van der Waals surface area contributed by atoms with Crippen molar-refractivity contribution in [2.75, 3.05) is 25.0 Å². The van der Waals surface area contributed by atoms with Crippen molar-refractivity contribution in [2.45, 2.75) is 19.6 Å². The van der Waals surface area contributed by atoms with Crippen LogP contribution in [0, 0.1) is 5.41 Å². The molecule has 0 radical (unpaired) electrons. The Balaban J connectivity index is 2.91. The molecule has 0 unspecified atom stereocenters. The molecule has 0 spiro atoms. The largest absolute Gasteiger partial charge is 0.383 e. The third-order valence-corrected chi connectivity index (χ3v) is 6.52. The van der Waals surface area contributed by atoms with Gasteiger partial charge in [0.05, 0.1) is 0 Å². The second-order valence-corrected chi connectivity index (χ2v) is 6.99. The SMILES string of the molecule is CSc1c(SC)c(SC)c2c(c1SC)C(=N)N=C2N. The maximum atomic E-state index is 8.07. The van der Waals surface area contributed by atoms with E-state index >= 15 is 0 Å². The molecule has 3 N–H and O–H groups in total. The lowest BCUT2D eigenvalue weighted by atomic mass is 10.1. The number of rotatable bonds is 4. The standard InChI is InChI=1S/C12H15N3S4/c1-16-7-5-6(12(14)15-11(5)13)8(17-2)10(19-4)9(7)18-3/h1-4H3,(H3,13,14,15). The summed E-state index contributed by atoms with van der Waals surface area (Å²) in [6.07, 6.45) is 8.25. The highest BCUT2D eigenvalue weighted by Gasteiger charge is 2.30. The molecule has 102 valence electrons. The zero-order chi connectivity index (χ0) is 14.2. The molecular weight excluding hydrogens is 314 g/mol. The van der Waals surface area contributed by atoms with E-state index in [-0.39, 0.29) is 5.84 Å². The van der Waals surface area contributed by atoms with Gasteiger partial charge in [0.2, 0.25) is 0 Å². The summed E-state index contributed by atoms with van der Waals surface area (Å²) in [6.45, 7) is 0. The Kier molecular flexibility index (Phi) is 4.81. The summed E-state index contributed by atoms with van der Waals surface area (Å²) in [6, 6.07) is 0. The molecule has 0 aromatic heterocycles. The van der Waals surface area contributed by atoms with Gasteiger partial charge in [0.1, 0.15) is 5.84 Å². The first-order chi connectivity index (χ1) is 9.10. The first-order valence-corrected chi connectivity index (χ1v) is 10.3. The van der Waals surface area contributed by atoms with Crippen molar-refractivity contribution >= 4 is 58.7 Å². The van der Waals surface area contributed by atoms with Crippen LogP contribution in [0.3, 0.4) is 0 Å². The summed E-state index contributed by atoms with van der Waals surface area (Å²) in [4.78, 5) is 8.91. The Morgan fingerprint density at radius 1 is 0.789 bits per heavy atom. The Morgan fingerprint density at radius 2 is 1.21 bits per heavy atom. The van der Waals surface area contributed by atoms with Gasteiger partial charge >= 0.3 is 0 Å². The maximum Gasteiger partial charge on any atom is 0.156 e. The molecule has 0 bridgehead atoms. The fourth-order valence-corrected chi connectivity index (χ4v) is 6.29. The second-order valence-electron chi connectivity index (χ2n) is 3.73. The molecular formula is C12H15N3S4. The lowest BCUT2D eigenvalue weighted by Crippen LogP contribution is -2.13. The highest BCUT2D eigenvalue weighted by molar-refractivity contribution is 8.04. The molecule has 1 aromatic carbocycles. The van der Waals surface area contributed by atoms with Crippen molar-refractivity contribution in [3.05, 3.63) is 11.1 Å². The summed E-state index contributed by atoms with van der Waals surface area (Å²) in [5.74, 6) is 0.762. The predicted molar refractivity (Wildman–Crippen MR) is 91.1 cm³/mol. The van der Waals surface area contributed by atoms with Crippen molar-refractivity contribution in [1.82, 2.24) is 0 Å². The number of nitrogens with two attached hydrogens (primary N) is 1. The number of benzene rings is 1. The minimum absolute atomic E-state index is 0.287. The van der Waals surface area contributed by atoms with Gasteiger partial charge in [0.15, 0.2) is 5.84 Å². The van der Waals surface area contributed by atoms with Crippen LogP contribution in [0.4, 0.5) is 0 Å². The summed E-state index contributed by atoms with van der Waals surface area (Å²) < 4.78 is 0. The van der Waals surface area contributed by atoms with Crippen LogP contribution in [-0.4, -0.2) is 36.7 Å². The number of hydrogen-bond acceptors (Lipinski definition) is 6. The number of nitrogens with one attached hydrogen (secondary N) is 1. The zero-order valence-corrected chi connectivity index (χ0v) is 14.4. The summed E-state index contributed by atoms with van der Waals surface area (Å²) in [5.41, 5.74) is 7.87. The molecule has 0 fully saturated rings. The van der Waals surface area contributed by atoms with Gasteiger partial charge in [0.25, 0.3) is 0 Å². The van der Waals surface area contributed by atoms with Gasteiger partial charge in [-0.15, -0.1) is 47.0 Å². The minimum atomic E-state index is 0.287. The molecule has 0 saturated carbocycles. The van der Waals surface area contributed by atoms with Gasteiger partial charge in [-0.1, -0.05) is 0 Å². The lowest BCUT2D eigenvalue weighted by molar-refractivity contribution is 1.02. The summed E-state index contributed by atoms with van der Waals surface area (Å²) in [5, 5.41) is 8.07. The molecule has 2 rings (SSSR count). The Hall–Kier alpha value is -0.240. The van der Waals surface area contributed by atoms with E-state index in [2.05, 4.69) is 17.5 Å². The summed E-state index contributed by atoms with van der Waals surface area (Å²) in [7, 11) is 0. The van der Waals surface area contributed by atoms with Gasteiger partial charge in [-0.3, -0.25) is 5.41 Å². The molecule has 1 heterocycles. The van der Waals surface area contributed by atoms with E-state index in [9.17, 15) is 0 Å². The molecule has 0 aliphatic carbocycles. The number of nitrogens with zero attached hydrogens (tertiary/aromatic N) is 1. The topological polar surface area (TPSA) is 62.2 Å². The van der Waals surface area contributed by atoms with E-state index in [1.54, 1.807) is 47.0 Å². The van der Waals surface area contributed by atoms with Crippen LogP contribution in [0.1, 0.15) is 11.1 Å². The van der Waals surface area contributed by atoms with Crippen molar-refractivity contribution in [3.63, 3.8) is 0 Å². The van der Waals surface area contributed by atoms with Crippen molar-refractivity contribution in [3.8, 4) is 0 Å². The average Bonchev–Trinajstić information content (AvgIpc) is 2.71. The Labute approximate surface area is 130 Å².